The van der Waals surface area contributed by atoms with Gasteiger partial charge in [0.25, 0.3) is 5.91 Å². The van der Waals surface area contributed by atoms with E-state index in [1.165, 1.54) is 0 Å². The van der Waals surface area contributed by atoms with Gasteiger partial charge < -0.3 is 20.1 Å². The van der Waals surface area contributed by atoms with Gasteiger partial charge in [-0.05, 0) is 43.2 Å². The summed E-state index contributed by atoms with van der Waals surface area (Å²) < 4.78 is 10.5. The minimum atomic E-state index is -0.218. The number of aromatic nitrogens is 1. The van der Waals surface area contributed by atoms with Gasteiger partial charge in [-0.2, -0.15) is 0 Å². The highest BCUT2D eigenvalue weighted by Crippen LogP contribution is 2.27. The van der Waals surface area contributed by atoms with Crippen LogP contribution < -0.4 is 20.1 Å². The standard InChI is InChI=1S/C19H25N3O3/c1-5-13(2)22-15-7-8-16(20-12-15)19(23)21-11-14-6-9-17(24-3)18(10-14)25-4/h6-10,12-13,22H,5,11H2,1-4H3,(H,21,23). The van der Waals surface area contributed by atoms with E-state index in [0.29, 0.717) is 29.8 Å². The fourth-order valence-electron chi connectivity index (χ4n) is 2.26. The van der Waals surface area contributed by atoms with Crippen LogP contribution >= 0.6 is 0 Å². The molecule has 134 valence electrons. The van der Waals surface area contributed by atoms with E-state index in [1.807, 2.05) is 24.3 Å². The molecule has 0 saturated carbocycles. The third kappa shape index (κ3) is 5.11. The molecule has 0 saturated heterocycles. The van der Waals surface area contributed by atoms with E-state index in [2.05, 4.69) is 29.5 Å². The van der Waals surface area contributed by atoms with Crippen molar-refractivity contribution in [3.63, 3.8) is 0 Å². The number of nitrogens with one attached hydrogen (secondary N) is 2. The van der Waals surface area contributed by atoms with E-state index in [-0.39, 0.29) is 5.91 Å². The van der Waals surface area contributed by atoms with Gasteiger partial charge in [0, 0.05) is 12.6 Å². The first kappa shape index (κ1) is 18.6. The van der Waals surface area contributed by atoms with Gasteiger partial charge in [-0.1, -0.05) is 13.0 Å². The van der Waals surface area contributed by atoms with Gasteiger partial charge in [-0.3, -0.25) is 4.79 Å². The Hall–Kier alpha value is -2.76. The molecule has 2 N–H and O–H groups in total. The summed E-state index contributed by atoms with van der Waals surface area (Å²) in [5.74, 6) is 1.07. The van der Waals surface area contributed by atoms with Crippen LogP contribution in [0.15, 0.2) is 36.5 Å². The van der Waals surface area contributed by atoms with E-state index >= 15 is 0 Å². The predicted octanol–water partition coefficient (Wildman–Crippen LogP) is 3.24. The van der Waals surface area contributed by atoms with Gasteiger partial charge in [0.05, 0.1) is 26.1 Å². The van der Waals surface area contributed by atoms with Gasteiger partial charge in [-0.15, -0.1) is 0 Å². The summed E-state index contributed by atoms with van der Waals surface area (Å²) in [4.78, 5) is 16.5. The predicted molar refractivity (Wildman–Crippen MR) is 98.3 cm³/mol. The Balaban J connectivity index is 1.96. The SMILES string of the molecule is CCC(C)Nc1ccc(C(=O)NCc2ccc(OC)c(OC)c2)nc1. The zero-order chi connectivity index (χ0) is 18.2. The number of carbonyl (C=O) groups excluding carboxylic acids is 1. The van der Waals surface area contributed by atoms with Crippen LogP contribution in [0, 0.1) is 0 Å². The highest BCUT2D eigenvalue weighted by atomic mass is 16.5. The maximum absolute atomic E-state index is 12.2. The Morgan fingerprint density at radius 1 is 1.16 bits per heavy atom. The normalized spacial score (nSPS) is 11.5. The number of pyridine rings is 1. The second-order valence-electron chi connectivity index (χ2n) is 5.76. The number of carbonyl (C=O) groups is 1. The smallest absolute Gasteiger partial charge is 0.270 e. The summed E-state index contributed by atoms with van der Waals surface area (Å²) in [5, 5.41) is 6.18. The van der Waals surface area contributed by atoms with E-state index in [1.54, 1.807) is 26.5 Å². The van der Waals surface area contributed by atoms with Crippen molar-refractivity contribution >= 4 is 11.6 Å². The molecule has 0 radical (unpaired) electrons. The number of amides is 1. The van der Waals surface area contributed by atoms with E-state index in [4.69, 9.17) is 9.47 Å². The highest BCUT2D eigenvalue weighted by molar-refractivity contribution is 5.92. The maximum Gasteiger partial charge on any atom is 0.270 e. The Morgan fingerprint density at radius 3 is 2.52 bits per heavy atom. The lowest BCUT2D eigenvalue weighted by Gasteiger charge is -2.13. The molecular formula is C19H25N3O3. The molecule has 1 amide bonds. The first-order valence-corrected chi connectivity index (χ1v) is 8.29. The van der Waals surface area contributed by atoms with Crippen LogP contribution in [0.2, 0.25) is 0 Å². The van der Waals surface area contributed by atoms with Gasteiger partial charge in [0.15, 0.2) is 11.5 Å². The molecule has 25 heavy (non-hydrogen) atoms. The van der Waals surface area contributed by atoms with E-state index < -0.39 is 0 Å². The third-order valence-corrected chi connectivity index (χ3v) is 3.92. The van der Waals surface area contributed by atoms with Crippen molar-refractivity contribution < 1.29 is 14.3 Å². The zero-order valence-corrected chi connectivity index (χ0v) is 15.1. The van der Waals surface area contributed by atoms with Gasteiger partial charge >= 0.3 is 0 Å². The van der Waals surface area contributed by atoms with Crippen LogP contribution in [0.5, 0.6) is 11.5 Å². The molecule has 0 aliphatic carbocycles. The first-order chi connectivity index (χ1) is 12.1. The van der Waals surface area contributed by atoms with Crippen molar-refractivity contribution in [1.82, 2.24) is 10.3 Å². The minimum Gasteiger partial charge on any atom is -0.493 e. The van der Waals surface area contributed by atoms with Gasteiger partial charge in [0.2, 0.25) is 0 Å². The lowest BCUT2D eigenvalue weighted by Crippen LogP contribution is -2.24. The van der Waals surface area contributed by atoms with Crippen LogP contribution in [0.3, 0.4) is 0 Å². The van der Waals surface area contributed by atoms with Crippen LogP contribution in [0.4, 0.5) is 5.69 Å². The quantitative estimate of drug-likeness (QED) is 0.770. The Morgan fingerprint density at radius 2 is 1.92 bits per heavy atom. The molecule has 0 fully saturated rings. The Labute approximate surface area is 148 Å². The average molecular weight is 343 g/mol. The number of methoxy groups -OCH3 is 2. The summed E-state index contributed by atoms with van der Waals surface area (Å²) in [6, 6.07) is 9.49. The second kappa shape index (κ2) is 8.92. The summed E-state index contributed by atoms with van der Waals surface area (Å²) in [6.07, 6.45) is 2.70. The number of benzene rings is 1. The van der Waals surface area contributed by atoms with Crippen molar-refractivity contribution in [3.8, 4) is 11.5 Å². The largest absolute Gasteiger partial charge is 0.493 e. The molecule has 1 aromatic heterocycles. The van der Waals surface area contributed by atoms with Crippen molar-refractivity contribution in [2.75, 3.05) is 19.5 Å². The fourth-order valence-corrected chi connectivity index (χ4v) is 2.26. The number of anilines is 1. The lowest BCUT2D eigenvalue weighted by atomic mass is 10.2. The van der Waals surface area contributed by atoms with Gasteiger partial charge in [0.1, 0.15) is 5.69 Å². The number of hydrogen-bond acceptors (Lipinski definition) is 5. The fraction of sp³-hybridized carbons (Fsp3) is 0.368. The molecule has 2 aromatic rings. The molecule has 0 aliphatic heterocycles. The monoisotopic (exact) mass is 343 g/mol. The molecule has 6 nitrogen and oxygen atoms in total. The molecule has 0 aliphatic rings. The van der Waals surface area contributed by atoms with Crippen LogP contribution in [0.1, 0.15) is 36.3 Å². The Kier molecular flexibility index (Phi) is 6.62. The Bertz CT molecular complexity index is 702. The number of hydrogen-bond donors (Lipinski definition) is 2. The van der Waals surface area contributed by atoms with Crippen LogP contribution in [-0.2, 0) is 6.54 Å². The number of ether oxygens (including phenoxy) is 2. The van der Waals surface area contributed by atoms with Crippen molar-refractivity contribution in [1.29, 1.82) is 0 Å². The summed E-state index contributed by atoms with van der Waals surface area (Å²) in [5.41, 5.74) is 2.21. The molecule has 1 atom stereocenters. The molecule has 0 spiro atoms. The molecule has 0 bridgehead atoms. The molecular weight excluding hydrogens is 318 g/mol. The molecule has 1 heterocycles. The zero-order valence-electron chi connectivity index (χ0n) is 15.1. The van der Waals surface area contributed by atoms with Crippen molar-refractivity contribution in [2.24, 2.45) is 0 Å². The molecule has 1 unspecified atom stereocenters. The second-order valence-corrected chi connectivity index (χ2v) is 5.76. The van der Waals surface area contributed by atoms with Crippen molar-refractivity contribution in [3.05, 3.63) is 47.8 Å². The summed E-state index contributed by atoms with van der Waals surface area (Å²) >= 11 is 0. The molecule has 6 heteroatoms. The topological polar surface area (TPSA) is 72.5 Å². The molecule has 2 rings (SSSR count). The first-order valence-electron chi connectivity index (χ1n) is 8.29. The van der Waals surface area contributed by atoms with E-state index in [9.17, 15) is 4.79 Å². The number of rotatable bonds is 8. The highest BCUT2D eigenvalue weighted by Gasteiger charge is 2.09. The maximum atomic E-state index is 12.2. The molecule has 1 aromatic carbocycles. The third-order valence-electron chi connectivity index (χ3n) is 3.92. The van der Waals surface area contributed by atoms with E-state index in [0.717, 1.165) is 17.7 Å². The number of nitrogens with zero attached hydrogens (tertiary/aromatic N) is 1. The van der Waals surface area contributed by atoms with Gasteiger partial charge in [-0.25, -0.2) is 4.98 Å². The van der Waals surface area contributed by atoms with Crippen molar-refractivity contribution in [2.45, 2.75) is 32.9 Å². The average Bonchev–Trinajstić information content (AvgIpc) is 2.66. The summed E-state index contributed by atoms with van der Waals surface area (Å²) in [6.45, 7) is 4.60. The lowest BCUT2D eigenvalue weighted by molar-refractivity contribution is 0.0946. The summed E-state index contributed by atoms with van der Waals surface area (Å²) in [7, 11) is 3.17. The minimum absolute atomic E-state index is 0.218. The van der Waals surface area contributed by atoms with Crippen LogP contribution in [0.25, 0.3) is 0 Å². The van der Waals surface area contributed by atoms with Crippen LogP contribution in [-0.4, -0.2) is 31.2 Å².